The van der Waals surface area contributed by atoms with E-state index >= 15 is 0 Å². The fraction of sp³-hybridized carbons (Fsp3) is 0.214. The predicted octanol–water partition coefficient (Wildman–Crippen LogP) is 5.72. The van der Waals surface area contributed by atoms with Crippen LogP contribution in [-0.2, 0) is 20.7 Å². The number of benzene rings is 3. The van der Waals surface area contributed by atoms with Crippen molar-refractivity contribution in [3.05, 3.63) is 95.0 Å². The monoisotopic (exact) mass is 535 g/mol. The molecule has 1 heterocycles. The van der Waals surface area contributed by atoms with Gasteiger partial charge in [0.1, 0.15) is 5.25 Å². The van der Waals surface area contributed by atoms with Gasteiger partial charge in [-0.1, -0.05) is 65.8 Å². The second-order valence-electron chi connectivity index (χ2n) is 8.22. The SMILES string of the molecule is CCOC(=O)c1ccc(N=C2SC(C(=O)Nc3ccccc3Cl)CC(=O)N2CCc2ccccc2)cc1. The molecule has 0 aromatic heterocycles. The van der Waals surface area contributed by atoms with E-state index in [1.807, 2.05) is 30.3 Å². The molecule has 9 heteroatoms. The summed E-state index contributed by atoms with van der Waals surface area (Å²) in [5, 5.41) is 2.99. The zero-order chi connectivity index (χ0) is 26.2. The lowest BCUT2D eigenvalue weighted by atomic mass is 10.1. The number of thioether (sulfide) groups is 1. The summed E-state index contributed by atoms with van der Waals surface area (Å²) in [5.41, 5.74) is 2.55. The molecule has 1 fully saturated rings. The molecule has 0 radical (unpaired) electrons. The first-order valence-electron chi connectivity index (χ1n) is 11.9. The number of nitrogens with one attached hydrogen (secondary N) is 1. The number of esters is 1. The normalized spacial score (nSPS) is 16.5. The summed E-state index contributed by atoms with van der Waals surface area (Å²) >= 11 is 7.43. The van der Waals surface area contributed by atoms with E-state index in [0.717, 1.165) is 5.56 Å². The van der Waals surface area contributed by atoms with Gasteiger partial charge in [-0.3, -0.25) is 14.5 Å². The number of rotatable bonds is 8. The molecule has 1 N–H and O–H groups in total. The van der Waals surface area contributed by atoms with E-state index in [-0.39, 0.29) is 24.8 Å². The molecular formula is C28H26ClN3O4S. The summed E-state index contributed by atoms with van der Waals surface area (Å²) in [5.74, 6) is -0.917. The Labute approximate surface area is 224 Å². The minimum absolute atomic E-state index is 0.0383. The number of halogens is 1. The average Bonchev–Trinajstić information content (AvgIpc) is 2.90. The number of carbonyl (C=O) groups is 3. The summed E-state index contributed by atoms with van der Waals surface area (Å²) in [4.78, 5) is 44.6. The van der Waals surface area contributed by atoms with Crippen molar-refractivity contribution in [3.63, 3.8) is 0 Å². The van der Waals surface area contributed by atoms with E-state index < -0.39 is 11.2 Å². The highest BCUT2D eigenvalue weighted by molar-refractivity contribution is 8.15. The van der Waals surface area contributed by atoms with Crippen LogP contribution >= 0.6 is 23.4 Å². The topological polar surface area (TPSA) is 88.1 Å². The number of aliphatic imine (C=N–C) groups is 1. The number of nitrogens with zero attached hydrogens (tertiary/aromatic N) is 2. The molecule has 1 saturated heterocycles. The highest BCUT2D eigenvalue weighted by Gasteiger charge is 2.36. The lowest BCUT2D eigenvalue weighted by Crippen LogP contribution is -2.46. The molecule has 3 aromatic rings. The number of anilines is 1. The minimum Gasteiger partial charge on any atom is -0.462 e. The van der Waals surface area contributed by atoms with Gasteiger partial charge < -0.3 is 10.1 Å². The maximum Gasteiger partial charge on any atom is 0.338 e. The molecule has 4 rings (SSSR count). The minimum atomic E-state index is -0.672. The van der Waals surface area contributed by atoms with Crippen molar-refractivity contribution >= 4 is 57.7 Å². The van der Waals surface area contributed by atoms with Crippen LogP contribution in [0, 0.1) is 0 Å². The Morgan fingerprint density at radius 1 is 1.05 bits per heavy atom. The Balaban J connectivity index is 1.57. The van der Waals surface area contributed by atoms with E-state index in [1.54, 1.807) is 60.4 Å². The Kier molecular flexibility index (Phi) is 8.98. The van der Waals surface area contributed by atoms with Crippen LogP contribution < -0.4 is 5.32 Å². The number of hydrogen-bond donors (Lipinski definition) is 1. The molecule has 0 bridgehead atoms. The molecule has 1 atom stereocenters. The standard InChI is InChI=1S/C28H26ClN3O4S/c1-2-36-27(35)20-12-14-21(15-13-20)30-28-32(17-16-19-8-4-3-5-9-19)25(33)18-24(37-28)26(34)31-23-11-7-6-10-22(23)29/h3-15,24H,2,16-18H2,1H3,(H,31,34). The first-order valence-corrected chi connectivity index (χ1v) is 13.1. The first kappa shape index (κ1) is 26.4. The van der Waals surface area contributed by atoms with Gasteiger partial charge in [0.25, 0.3) is 0 Å². The van der Waals surface area contributed by atoms with Crippen LogP contribution in [0.2, 0.25) is 5.02 Å². The quantitative estimate of drug-likeness (QED) is 0.373. The molecule has 7 nitrogen and oxygen atoms in total. The smallest absolute Gasteiger partial charge is 0.338 e. The Morgan fingerprint density at radius 2 is 1.76 bits per heavy atom. The van der Waals surface area contributed by atoms with Gasteiger partial charge in [-0.2, -0.15) is 0 Å². The lowest BCUT2D eigenvalue weighted by Gasteiger charge is -2.32. The van der Waals surface area contributed by atoms with Gasteiger partial charge in [-0.05, 0) is 55.3 Å². The highest BCUT2D eigenvalue weighted by Crippen LogP contribution is 2.31. The molecule has 0 saturated carbocycles. The van der Waals surface area contributed by atoms with Crippen molar-refractivity contribution in [1.82, 2.24) is 4.90 Å². The van der Waals surface area contributed by atoms with Gasteiger partial charge in [0.05, 0.1) is 28.6 Å². The van der Waals surface area contributed by atoms with Crippen molar-refractivity contribution in [1.29, 1.82) is 0 Å². The molecule has 190 valence electrons. The van der Waals surface area contributed by atoms with Crippen LogP contribution in [0.25, 0.3) is 0 Å². The van der Waals surface area contributed by atoms with E-state index in [4.69, 9.17) is 21.3 Å². The maximum absolute atomic E-state index is 13.2. The molecule has 0 spiro atoms. The molecule has 1 unspecified atom stereocenters. The molecule has 2 amide bonds. The van der Waals surface area contributed by atoms with Gasteiger partial charge in [-0.15, -0.1) is 0 Å². The Bertz CT molecular complexity index is 1300. The van der Waals surface area contributed by atoms with Gasteiger partial charge in [0.15, 0.2) is 5.17 Å². The van der Waals surface area contributed by atoms with E-state index in [9.17, 15) is 14.4 Å². The third kappa shape index (κ3) is 6.99. The summed E-state index contributed by atoms with van der Waals surface area (Å²) in [6.07, 6.45) is 0.682. The number of hydrogen-bond acceptors (Lipinski definition) is 6. The van der Waals surface area contributed by atoms with Crippen LogP contribution in [0.5, 0.6) is 0 Å². The van der Waals surface area contributed by atoms with Gasteiger partial charge in [0, 0.05) is 13.0 Å². The van der Waals surface area contributed by atoms with Crippen molar-refractivity contribution in [2.24, 2.45) is 4.99 Å². The average molecular weight is 536 g/mol. The molecule has 1 aliphatic rings. The van der Waals surface area contributed by atoms with Crippen molar-refractivity contribution in [2.45, 2.75) is 25.0 Å². The molecule has 3 aromatic carbocycles. The third-order valence-corrected chi connectivity index (χ3v) is 7.15. The summed E-state index contributed by atoms with van der Waals surface area (Å²) in [7, 11) is 0. The molecule has 0 aliphatic carbocycles. The summed E-state index contributed by atoms with van der Waals surface area (Å²) < 4.78 is 5.03. The zero-order valence-electron chi connectivity index (χ0n) is 20.2. The number of ether oxygens (including phenoxy) is 1. The van der Waals surface area contributed by atoms with Crippen LogP contribution in [-0.4, -0.2) is 46.3 Å². The largest absolute Gasteiger partial charge is 0.462 e. The number of amidine groups is 1. The fourth-order valence-electron chi connectivity index (χ4n) is 3.72. The van der Waals surface area contributed by atoms with Crippen molar-refractivity contribution in [2.75, 3.05) is 18.5 Å². The van der Waals surface area contributed by atoms with E-state index in [0.29, 0.717) is 40.1 Å². The van der Waals surface area contributed by atoms with Crippen molar-refractivity contribution < 1.29 is 19.1 Å². The Hall–Kier alpha value is -3.62. The fourth-order valence-corrected chi connectivity index (χ4v) is 5.03. The van der Waals surface area contributed by atoms with Gasteiger partial charge >= 0.3 is 5.97 Å². The second kappa shape index (κ2) is 12.6. The van der Waals surface area contributed by atoms with E-state index in [2.05, 4.69) is 5.32 Å². The third-order valence-electron chi connectivity index (χ3n) is 5.63. The van der Waals surface area contributed by atoms with Gasteiger partial charge in [0.2, 0.25) is 11.8 Å². The summed E-state index contributed by atoms with van der Waals surface area (Å²) in [6.45, 7) is 2.46. The Morgan fingerprint density at radius 3 is 2.46 bits per heavy atom. The van der Waals surface area contributed by atoms with Crippen LogP contribution in [0.3, 0.4) is 0 Å². The maximum atomic E-state index is 13.2. The lowest BCUT2D eigenvalue weighted by molar-refractivity contribution is -0.129. The number of amides is 2. The molecule has 37 heavy (non-hydrogen) atoms. The predicted molar refractivity (Wildman–Crippen MR) is 147 cm³/mol. The number of para-hydroxylation sites is 1. The second-order valence-corrected chi connectivity index (χ2v) is 9.80. The highest BCUT2D eigenvalue weighted by atomic mass is 35.5. The van der Waals surface area contributed by atoms with E-state index in [1.165, 1.54) is 11.8 Å². The molecule has 1 aliphatic heterocycles. The van der Waals surface area contributed by atoms with Crippen LogP contribution in [0.1, 0.15) is 29.3 Å². The van der Waals surface area contributed by atoms with Crippen molar-refractivity contribution in [3.8, 4) is 0 Å². The van der Waals surface area contributed by atoms with Crippen LogP contribution in [0.15, 0.2) is 83.9 Å². The summed E-state index contributed by atoms with van der Waals surface area (Å²) in [6, 6.07) is 23.5. The molecular weight excluding hydrogens is 510 g/mol. The zero-order valence-corrected chi connectivity index (χ0v) is 21.8. The van der Waals surface area contributed by atoms with Crippen LogP contribution in [0.4, 0.5) is 11.4 Å². The van der Waals surface area contributed by atoms with Gasteiger partial charge in [-0.25, -0.2) is 9.79 Å². The first-order chi connectivity index (χ1) is 17.9. The number of carbonyl (C=O) groups excluding carboxylic acids is 3.